The second-order valence-corrected chi connectivity index (χ2v) is 7.52. The van der Waals surface area contributed by atoms with Crippen LogP contribution < -0.4 is 19.7 Å². The molecule has 4 rings (SSSR count). The third kappa shape index (κ3) is 4.18. The second-order valence-electron chi connectivity index (χ2n) is 7.08. The highest BCUT2D eigenvalue weighted by Crippen LogP contribution is 2.32. The fourth-order valence-corrected chi connectivity index (χ4v) is 3.78. The number of carbonyl (C=O) groups is 1. The summed E-state index contributed by atoms with van der Waals surface area (Å²) in [4.78, 5) is 17.1. The molecule has 1 amide bonds. The number of anilines is 1. The number of nitrogens with one attached hydrogen (secondary N) is 1. The van der Waals surface area contributed by atoms with Crippen molar-refractivity contribution < 1.29 is 14.3 Å². The van der Waals surface area contributed by atoms with Crippen LogP contribution in [0.5, 0.6) is 11.5 Å². The summed E-state index contributed by atoms with van der Waals surface area (Å²) in [6, 6.07) is 13.5. The van der Waals surface area contributed by atoms with E-state index < -0.39 is 0 Å². The number of ether oxygens (including phenoxy) is 2. The van der Waals surface area contributed by atoms with E-state index in [9.17, 15) is 4.79 Å². The van der Waals surface area contributed by atoms with Gasteiger partial charge in [0.1, 0.15) is 0 Å². The monoisotopic (exact) mass is 401 g/mol. The van der Waals surface area contributed by atoms with Crippen LogP contribution in [-0.2, 0) is 11.3 Å². The molecule has 0 radical (unpaired) electrons. The minimum absolute atomic E-state index is 0.0360. The Morgan fingerprint density at radius 2 is 1.89 bits per heavy atom. The smallest absolute Gasteiger partial charge is 0.237 e. The lowest BCUT2D eigenvalue weighted by molar-refractivity contribution is -0.126. The van der Waals surface area contributed by atoms with Gasteiger partial charge in [-0.2, -0.15) is 0 Å². The predicted octanol–water partition coefficient (Wildman–Crippen LogP) is 2.90. The zero-order valence-electron chi connectivity index (χ0n) is 15.9. The van der Waals surface area contributed by atoms with Crippen LogP contribution in [0.2, 0.25) is 5.02 Å². The van der Waals surface area contributed by atoms with Gasteiger partial charge in [0.05, 0.1) is 6.04 Å². The first-order chi connectivity index (χ1) is 13.6. The number of nitrogens with zero attached hydrogens (tertiary/aromatic N) is 2. The molecule has 1 fully saturated rings. The minimum atomic E-state index is -0.171. The van der Waals surface area contributed by atoms with E-state index in [1.54, 1.807) is 0 Å². The molecule has 148 valence electrons. The maximum Gasteiger partial charge on any atom is 0.237 e. The van der Waals surface area contributed by atoms with Gasteiger partial charge < -0.3 is 19.7 Å². The molecular weight excluding hydrogens is 378 g/mol. The number of hydrogen-bond acceptors (Lipinski definition) is 5. The average molecular weight is 402 g/mol. The van der Waals surface area contributed by atoms with Gasteiger partial charge in [0.2, 0.25) is 12.7 Å². The fourth-order valence-electron chi connectivity index (χ4n) is 3.59. The van der Waals surface area contributed by atoms with E-state index in [4.69, 9.17) is 21.1 Å². The molecule has 2 aromatic carbocycles. The van der Waals surface area contributed by atoms with Crippen LogP contribution in [0.25, 0.3) is 0 Å². The van der Waals surface area contributed by atoms with Crippen LogP contribution in [0.4, 0.5) is 5.69 Å². The van der Waals surface area contributed by atoms with Crippen LogP contribution in [0.15, 0.2) is 42.5 Å². The van der Waals surface area contributed by atoms with Crippen molar-refractivity contribution in [2.24, 2.45) is 0 Å². The third-order valence-electron chi connectivity index (χ3n) is 5.32. The molecular formula is C21H24ClN3O3. The van der Waals surface area contributed by atoms with E-state index in [0.717, 1.165) is 54.0 Å². The highest BCUT2D eigenvalue weighted by molar-refractivity contribution is 6.30. The van der Waals surface area contributed by atoms with E-state index in [-0.39, 0.29) is 18.7 Å². The first-order valence-corrected chi connectivity index (χ1v) is 9.89. The molecule has 2 heterocycles. The summed E-state index contributed by atoms with van der Waals surface area (Å²) in [5.41, 5.74) is 2.13. The van der Waals surface area contributed by atoms with Crippen LogP contribution in [0.3, 0.4) is 0 Å². The van der Waals surface area contributed by atoms with Crippen molar-refractivity contribution in [3.05, 3.63) is 53.1 Å². The summed E-state index contributed by atoms with van der Waals surface area (Å²) in [5, 5.41) is 3.78. The Morgan fingerprint density at radius 1 is 1.11 bits per heavy atom. The molecule has 28 heavy (non-hydrogen) atoms. The zero-order valence-corrected chi connectivity index (χ0v) is 16.6. The number of amides is 1. The van der Waals surface area contributed by atoms with Gasteiger partial charge in [-0.15, -0.1) is 0 Å². The van der Waals surface area contributed by atoms with Crippen molar-refractivity contribution in [3.63, 3.8) is 0 Å². The SMILES string of the molecule is C[C@H](C(=O)NCc1ccc2c(c1)OCO2)N1CCN(c2cccc(Cl)c2)CC1. The van der Waals surface area contributed by atoms with Crippen LogP contribution >= 0.6 is 11.6 Å². The van der Waals surface area contributed by atoms with Crippen molar-refractivity contribution in [1.29, 1.82) is 0 Å². The van der Waals surface area contributed by atoms with Crippen molar-refractivity contribution in [1.82, 2.24) is 10.2 Å². The lowest BCUT2D eigenvalue weighted by Gasteiger charge is -2.38. The summed E-state index contributed by atoms with van der Waals surface area (Å²) in [6.07, 6.45) is 0. The van der Waals surface area contributed by atoms with E-state index in [0.29, 0.717) is 6.54 Å². The van der Waals surface area contributed by atoms with Gasteiger partial charge >= 0.3 is 0 Å². The molecule has 2 aliphatic heterocycles. The summed E-state index contributed by atoms with van der Waals surface area (Å²) >= 11 is 6.10. The molecule has 0 bridgehead atoms. The highest BCUT2D eigenvalue weighted by atomic mass is 35.5. The molecule has 2 aliphatic rings. The molecule has 0 spiro atoms. The van der Waals surface area contributed by atoms with Gasteiger partial charge in [-0.05, 0) is 42.8 Å². The summed E-state index contributed by atoms with van der Waals surface area (Å²) < 4.78 is 10.7. The van der Waals surface area contributed by atoms with Crippen LogP contribution in [-0.4, -0.2) is 49.8 Å². The van der Waals surface area contributed by atoms with Crippen molar-refractivity contribution in [2.45, 2.75) is 19.5 Å². The van der Waals surface area contributed by atoms with Gasteiger partial charge in [0.15, 0.2) is 11.5 Å². The van der Waals surface area contributed by atoms with E-state index in [2.05, 4.69) is 21.2 Å². The topological polar surface area (TPSA) is 54.0 Å². The molecule has 1 saturated heterocycles. The molecule has 0 aromatic heterocycles. The molecule has 0 saturated carbocycles. The summed E-state index contributed by atoms with van der Waals surface area (Å²) in [6.45, 7) is 6.12. The Morgan fingerprint density at radius 3 is 2.68 bits per heavy atom. The van der Waals surface area contributed by atoms with Crippen LogP contribution in [0.1, 0.15) is 12.5 Å². The van der Waals surface area contributed by atoms with Crippen molar-refractivity contribution >= 4 is 23.2 Å². The Bertz CT molecular complexity index is 853. The summed E-state index contributed by atoms with van der Waals surface area (Å²) in [5.74, 6) is 1.52. The molecule has 0 aliphatic carbocycles. The number of benzene rings is 2. The molecule has 0 unspecified atom stereocenters. The molecule has 7 heteroatoms. The standard InChI is InChI=1S/C21H24ClN3O3/c1-15(21(26)23-13-16-5-6-19-20(11-16)28-14-27-19)24-7-9-25(10-8-24)18-4-2-3-17(22)12-18/h2-6,11-12,15H,7-10,13-14H2,1H3,(H,23,26)/t15-/m1/s1. The maximum atomic E-state index is 12.6. The van der Waals surface area contributed by atoms with Gasteiger partial charge in [-0.1, -0.05) is 23.7 Å². The Labute approximate surface area is 170 Å². The average Bonchev–Trinajstić information content (AvgIpc) is 3.19. The van der Waals surface area contributed by atoms with Gasteiger partial charge in [-0.3, -0.25) is 9.69 Å². The third-order valence-corrected chi connectivity index (χ3v) is 5.55. The number of halogens is 1. The van der Waals surface area contributed by atoms with Gasteiger partial charge in [0.25, 0.3) is 0 Å². The van der Waals surface area contributed by atoms with E-state index in [1.165, 1.54) is 0 Å². The largest absolute Gasteiger partial charge is 0.454 e. The normalized spacial score (nSPS) is 17.4. The quantitative estimate of drug-likeness (QED) is 0.834. The first-order valence-electron chi connectivity index (χ1n) is 9.51. The molecule has 2 aromatic rings. The molecule has 1 atom stereocenters. The lowest BCUT2D eigenvalue weighted by Crippen LogP contribution is -2.53. The number of piperazine rings is 1. The number of carbonyl (C=O) groups excluding carboxylic acids is 1. The maximum absolute atomic E-state index is 12.6. The Balaban J connectivity index is 1.27. The molecule has 6 nitrogen and oxygen atoms in total. The Kier molecular flexibility index (Phi) is 5.59. The predicted molar refractivity (Wildman–Crippen MR) is 109 cm³/mol. The highest BCUT2D eigenvalue weighted by Gasteiger charge is 2.25. The Hall–Kier alpha value is -2.44. The van der Waals surface area contributed by atoms with Crippen molar-refractivity contribution in [2.75, 3.05) is 37.9 Å². The summed E-state index contributed by atoms with van der Waals surface area (Å²) in [7, 11) is 0. The van der Waals surface area contributed by atoms with E-state index in [1.807, 2.05) is 43.3 Å². The fraction of sp³-hybridized carbons (Fsp3) is 0.381. The minimum Gasteiger partial charge on any atom is -0.454 e. The number of fused-ring (bicyclic) bond motifs is 1. The number of rotatable bonds is 5. The van der Waals surface area contributed by atoms with Crippen LogP contribution in [0, 0.1) is 0 Å². The zero-order chi connectivity index (χ0) is 19.5. The lowest BCUT2D eigenvalue weighted by atomic mass is 10.1. The van der Waals surface area contributed by atoms with Crippen molar-refractivity contribution in [3.8, 4) is 11.5 Å². The van der Waals surface area contributed by atoms with E-state index >= 15 is 0 Å². The second kappa shape index (κ2) is 8.29. The van der Waals surface area contributed by atoms with Gasteiger partial charge in [0, 0.05) is 43.4 Å². The number of hydrogen-bond donors (Lipinski definition) is 1. The first kappa shape index (κ1) is 18.9. The molecule has 1 N–H and O–H groups in total. The van der Waals surface area contributed by atoms with Gasteiger partial charge in [-0.25, -0.2) is 0 Å².